The summed E-state index contributed by atoms with van der Waals surface area (Å²) in [6.07, 6.45) is 6.22. The Morgan fingerprint density at radius 1 is 1.67 bits per heavy atom. The molecule has 0 saturated heterocycles. The van der Waals surface area contributed by atoms with E-state index in [1.165, 1.54) is 0 Å². The van der Waals surface area contributed by atoms with Gasteiger partial charge in [0.05, 0.1) is 5.92 Å². The third-order valence-electron chi connectivity index (χ3n) is 2.21. The summed E-state index contributed by atoms with van der Waals surface area (Å²) in [5.41, 5.74) is 0. The van der Waals surface area contributed by atoms with Crippen molar-refractivity contribution >= 4 is 12.3 Å². The van der Waals surface area contributed by atoms with Gasteiger partial charge in [0.25, 0.3) is 0 Å². The van der Waals surface area contributed by atoms with Gasteiger partial charge in [-0.3, -0.25) is 9.59 Å². The van der Waals surface area contributed by atoms with Gasteiger partial charge in [0.1, 0.15) is 0 Å². The standard InChI is InChI=1S/C12H14O3/c1-2-6-11(9-13)15-12(14)10-7-4-3-5-8-10/h4,7,9-11H,3,5,8H2,1H3. The number of hydrogen-bond donors (Lipinski definition) is 0. The molecule has 1 aliphatic rings. The number of carbonyl (C=O) groups is 2. The average molecular weight is 206 g/mol. The van der Waals surface area contributed by atoms with Gasteiger partial charge in [0.2, 0.25) is 6.10 Å². The van der Waals surface area contributed by atoms with E-state index in [0.717, 1.165) is 19.3 Å². The number of hydrogen-bond acceptors (Lipinski definition) is 3. The summed E-state index contributed by atoms with van der Waals surface area (Å²) in [7, 11) is 0. The quantitative estimate of drug-likeness (QED) is 0.304. The molecule has 2 atom stereocenters. The zero-order valence-corrected chi connectivity index (χ0v) is 8.73. The zero-order valence-electron chi connectivity index (χ0n) is 8.73. The molecule has 1 aliphatic carbocycles. The normalized spacial score (nSPS) is 21.0. The number of rotatable bonds is 3. The van der Waals surface area contributed by atoms with Crippen LogP contribution in [-0.4, -0.2) is 18.4 Å². The maximum absolute atomic E-state index is 11.5. The van der Waals surface area contributed by atoms with Crippen LogP contribution in [0.2, 0.25) is 0 Å². The van der Waals surface area contributed by atoms with Gasteiger partial charge in [0, 0.05) is 0 Å². The van der Waals surface area contributed by atoms with Crippen molar-refractivity contribution in [3.8, 4) is 11.8 Å². The minimum atomic E-state index is -0.919. The van der Waals surface area contributed by atoms with Gasteiger partial charge in [0.15, 0.2) is 6.29 Å². The molecule has 0 spiro atoms. The van der Waals surface area contributed by atoms with Crippen LogP contribution in [0.1, 0.15) is 26.2 Å². The van der Waals surface area contributed by atoms with Crippen LogP contribution in [0.3, 0.4) is 0 Å². The largest absolute Gasteiger partial charge is 0.441 e. The van der Waals surface area contributed by atoms with E-state index in [9.17, 15) is 9.59 Å². The molecular weight excluding hydrogens is 192 g/mol. The van der Waals surface area contributed by atoms with Crippen molar-refractivity contribution in [2.75, 3.05) is 0 Å². The summed E-state index contributed by atoms with van der Waals surface area (Å²) in [6.45, 7) is 1.60. The number of allylic oxidation sites excluding steroid dienone is 1. The van der Waals surface area contributed by atoms with E-state index in [4.69, 9.17) is 4.74 Å². The lowest BCUT2D eigenvalue weighted by Crippen LogP contribution is -2.24. The van der Waals surface area contributed by atoms with Crippen molar-refractivity contribution in [1.29, 1.82) is 0 Å². The van der Waals surface area contributed by atoms with Gasteiger partial charge in [-0.25, -0.2) is 0 Å². The number of carbonyl (C=O) groups excluding carboxylic acids is 2. The second kappa shape index (κ2) is 6.02. The molecule has 3 heteroatoms. The molecule has 80 valence electrons. The topological polar surface area (TPSA) is 43.4 Å². The van der Waals surface area contributed by atoms with Crippen LogP contribution in [0.25, 0.3) is 0 Å². The molecule has 3 nitrogen and oxygen atoms in total. The van der Waals surface area contributed by atoms with Crippen LogP contribution in [0, 0.1) is 17.8 Å². The Labute approximate surface area is 89.5 Å². The van der Waals surface area contributed by atoms with Crippen molar-refractivity contribution in [2.45, 2.75) is 32.3 Å². The van der Waals surface area contributed by atoms with Crippen molar-refractivity contribution in [3.63, 3.8) is 0 Å². The van der Waals surface area contributed by atoms with Crippen molar-refractivity contribution in [1.82, 2.24) is 0 Å². The van der Waals surface area contributed by atoms with Crippen LogP contribution in [-0.2, 0) is 14.3 Å². The first kappa shape index (κ1) is 11.5. The predicted octanol–water partition coefficient (Wildman–Crippen LogP) is 1.48. The Hall–Kier alpha value is -1.56. The van der Waals surface area contributed by atoms with Crippen LogP contribution in [0.4, 0.5) is 0 Å². The van der Waals surface area contributed by atoms with E-state index in [2.05, 4.69) is 11.8 Å². The Balaban J connectivity index is 2.51. The highest BCUT2D eigenvalue weighted by Crippen LogP contribution is 2.18. The van der Waals surface area contributed by atoms with E-state index in [1.54, 1.807) is 6.92 Å². The van der Waals surface area contributed by atoms with E-state index >= 15 is 0 Å². The Morgan fingerprint density at radius 3 is 3.00 bits per heavy atom. The van der Waals surface area contributed by atoms with Gasteiger partial charge in [-0.1, -0.05) is 18.1 Å². The third kappa shape index (κ3) is 3.59. The Kier molecular flexibility index (Phi) is 4.62. The maximum Gasteiger partial charge on any atom is 0.314 e. The number of esters is 1. The molecule has 0 saturated carbocycles. The first-order valence-corrected chi connectivity index (χ1v) is 5.02. The van der Waals surface area contributed by atoms with Gasteiger partial charge in [-0.05, 0) is 26.2 Å². The molecule has 0 aromatic carbocycles. The second-order valence-electron chi connectivity index (χ2n) is 3.35. The summed E-state index contributed by atoms with van der Waals surface area (Å²) in [4.78, 5) is 22.1. The monoisotopic (exact) mass is 206 g/mol. The van der Waals surface area contributed by atoms with Gasteiger partial charge in [-0.2, -0.15) is 0 Å². The third-order valence-corrected chi connectivity index (χ3v) is 2.21. The molecule has 2 unspecified atom stereocenters. The molecule has 0 heterocycles. The minimum Gasteiger partial charge on any atom is -0.441 e. The predicted molar refractivity (Wildman–Crippen MR) is 55.9 cm³/mol. The van der Waals surface area contributed by atoms with Gasteiger partial charge < -0.3 is 4.74 Å². The van der Waals surface area contributed by atoms with E-state index in [1.807, 2.05) is 12.2 Å². The first-order chi connectivity index (χ1) is 7.27. The second-order valence-corrected chi connectivity index (χ2v) is 3.35. The molecule has 0 N–H and O–H groups in total. The number of aldehydes is 1. The molecule has 0 aliphatic heterocycles. The van der Waals surface area contributed by atoms with Gasteiger partial charge in [-0.15, -0.1) is 5.92 Å². The van der Waals surface area contributed by atoms with Crippen LogP contribution >= 0.6 is 0 Å². The lowest BCUT2D eigenvalue weighted by molar-refractivity contribution is -0.152. The molecule has 15 heavy (non-hydrogen) atoms. The molecule has 0 aromatic rings. The molecule has 0 bridgehead atoms. The van der Waals surface area contributed by atoms with Crippen LogP contribution in [0.15, 0.2) is 12.2 Å². The first-order valence-electron chi connectivity index (χ1n) is 5.02. The number of ether oxygens (including phenoxy) is 1. The molecular formula is C12H14O3. The van der Waals surface area contributed by atoms with Crippen molar-refractivity contribution < 1.29 is 14.3 Å². The average Bonchev–Trinajstić information content (AvgIpc) is 2.29. The Morgan fingerprint density at radius 2 is 2.47 bits per heavy atom. The zero-order chi connectivity index (χ0) is 11.1. The minimum absolute atomic E-state index is 0.208. The van der Waals surface area contributed by atoms with Crippen molar-refractivity contribution in [3.05, 3.63) is 12.2 Å². The van der Waals surface area contributed by atoms with E-state index in [0.29, 0.717) is 6.29 Å². The summed E-state index contributed by atoms with van der Waals surface area (Å²) >= 11 is 0. The Bertz CT molecular complexity index is 319. The summed E-state index contributed by atoms with van der Waals surface area (Å²) < 4.78 is 4.95. The fourth-order valence-corrected chi connectivity index (χ4v) is 1.45. The van der Waals surface area contributed by atoms with E-state index < -0.39 is 6.10 Å². The van der Waals surface area contributed by atoms with Gasteiger partial charge >= 0.3 is 5.97 Å². The SMILES string of the molecule is CC#CC(C=O)OC(=O)C1C=CCCC1. The van der Waals surface area contributed by atoms with E-state index in [-0.39, 0.29) is 11.9 Å². The molecule has 0 radical (unpaired) electrons. The van der Waals surface area contributed by atoms with Crippen LogP contribution in [0.5, 0.6) is 0 Å². The van der Waals surface area contributed by atoms with Crippen LogP contribution < -0.4 is 0 Å². The highest BCUT2D eigenvalue weighted by molar-refractivity contribution is 5.78. The maximum atomic E-state index is 11.5. The molecule has 1 rings (SSSR count). The highest BCUT2D eigenvalue weighted by Gasteiger charge is 2.21. The lowest BCUT2D eigenvalue weighted by Gasteiger charge is -2.15. The van der Waals surface area contributed by atoms with Crippen molar-refractivity contribution in [2.24, 2.45) is 5.92 Å². The summed E-state index contributed by atoms with van der Waals surface area (Å²) in [5.74, 6) is 4.50. The lowest BCUT2D eigenvalue weighted by atomic mass is 9.96. The molecule has 0 amide bonds. The fourth-order valence-electron chi connectivity index (χ4n) is 1.45. The summed E-state index contributed by atoms with van der Waals surface area (Å²) in [6, 6.07) is 0. The highest BCUT2D eigenvalue weighted by atomic mass is 16.5. The summed E-state index contributed by atoms with van der Waals surface area (Å²) in [5, 5.41) is 0. The fraction of sp³-hybridized carbons (Fsp3) is 0.500. The smallest absolute Gasteiger partial charge is 0.314 e. The molecule has 0 fully saturated rings. The molecule has 0 aromatic heterocycles.